The molecule has 1 unspecified atom stereocenters. The molecular weight excluding hydrogens is 344 g/mol. The van der Waals surface area contributed by atoms with Crippen LogP contribution in [0.3, 0.4) is 0 Å². The van der Waals surface area contributed by atoms with E-state index in [0.29, 0.717) is 11.3 Å². The van der Waals surface area contributed by atoms with Crippen molar-refractivity contribution in [3.63, 3.8) is 0 Å². The molecule has 1 aliphatic carbocycles. The summed E-state index contributed by atoms with van der Waals surface area (Å²) in [6.45, 7) is 1.43. The van der Waals surface area contributed by atoms with Crippen LogP contribution in [0.2, 0.25) is 0 Å². The SMILES string of the molecule is CC(=O)Nc1ccc(CC(=O)OC(C(=O)NC2CC2)c2ccccc2)cc1. The molecule has 3 rings (SSSR count). The summed E-state index contributed by atoms with van der Waals surface area (Å²) in [7, 11) is 0. The van der Waals surface area contributed by atoms with Crippen LogP contribution in [-0.4, -0.2) is 23.8 Å². The third kappa shape index (κ3) is 5.67. The van der Waals surface area contributed by atoms with Gasteiger partial charge in [0.1, 0.15) is 0 Å². The van der Waals surface area contributed by atoms with E-state index in [1.165, 1.54) is 6.92 Å². The molecule has 0 spiro atoms. The fourth-order valence-electron chi connectivity index (χ4n) is 2.65. The first-order chi connectivity index (χ1) is 13.0. The summed E-state index contributed by atoms with van der Waals surface area (Å²) in [6, 6.07) is 16.1. The second kappa shape index (κ2) is 8.49. The Morgan fingerprint density at radius 2 is 1.70 bits per heavy atom. The van der Waals surface area contributed by atoms with Gasteiger partial charge in [-0.2, -0.15) is 0 Å². The second-order valence-corrected chi connectivity index (χ2v) is 6.62. The maximum atomic E-state index is 12.5. The Morgan fingerprint density at radius 3 is 2.30 bits per heavy atom. The second-order valence-electron chi connectivity index (χ2n) is 6.62. The molecule has 2 aromatic carbocycles. The standard InChI is InChI=1S/C21H22N2O4/c1-14(24)22-17-9-7-15(8-10-17)13-19(25)27-20(16-5-3-2-4-6-16)21(26)23-18-11-12-18/h2-10,18,20H,11-13H2,1H3,(H,22,24)(H,23,26). The summed E-state index contributed by atoms with van der Waals surface area (Å²) in [5, 5.41) is 5.56. The van der Waals surface area contributed by atoms with Gasteiger partial charge < -0.3 is 15.4 Å². The third-order valence-corrected chi connectivity index (χ3v) is 4.14. The molecule has 140 valence electrons. The lowest BCUT2D eigenvalue weighted by Gasteiger charge is -2.18. The van der Waals surface area contributed by atoms with E-state index < -0.39 is 12.1 Å². The van der Waals surface area contributed by atoms with Crippen LogP contribution in [0.15, 0.2) is 54.6 Å². The molecule has 1 aliphatic rings. The number of anilines is 1. The topological polar surface area (TPSA) is 84.5 Å². The van der Waals surface area contributed by atoms with Gasteiger partial charge in [0.25, 0.3) is 5.91 Å². The van der Waals surface area contributed by atoms with E-state index in [2.05, 4.69) is 10.6 Å². The van der Waals surface area contributed by atoms with Crippen LogP contribution in [0.25, 0.3) is 0 Å². The number of hydrogen-bond acceptors (Lipinski definition) is 4. The van der Waals surface area contributed by atoms with Gasteiger partial charge in [-0.25, -0.2) is 0 Å². The van der Waals surface area contributed by atoms with Crippen LogP contribution in [-0.2, 0) is 25.5 Å². The number of rotatable bonds is 7. The van der Waals surface area contributed by atoms with E-state index in [1.807, 2.05) is 6.07 Å². The highest BCUT2D eigenvalue weighted by molar-refractivity contribution is 5.89. The number of nitrogens with one attached hydrogen (secondary N) is 2. The molecule has 6 heteroatoms. The molecule has 2 N–H and O–H groups in total. The largest absolute Gasteiger partial charge is 0.447 e. The Kier molecular flexibility index (Phi) is 5.86. The maximum Gasteiger partial charge on any atom is 0.311 e. The number of benzene rings is 2. The van der Waals surface area contributed by atoms with E-state index in [0.717, 1.165) is 18.4 Å². The van der Waals surface area contributed by atoms with Crippen molar-refractivity contribution in [2.45, 2.75) is 38.3 Å². The van der Waals surface area contributed by atoms with Crippen LogP contribution in [0.4, 0.5) is 5.69 Å². The number of esters is 1. The quantitative estimate of drug-likeness (QED) is 0.738. The molecule has 1 saturated carbocycles. The molecule has 0 bridgehead atoms. The molecule has 2 aromatic rings. The summed E-state index contributed by atoms with van der Waals surface area (Å²) in [6.07, 6.45) is 1.00. The van der Waals surface area contributed by atoms with E-state index >= 15 is 0 Å². The van der Waals surface area contributed by atoms with Gasteiger partial charge in [-0.1, -0.05) is 42.5 Å². The van der Waals surface area contributed by atoms with Crippen molar-refractivity contribution >= 4 is 23.5 Å². The van der Waals surface area contributed by atoms with Crippen molar-refractivity contribution in [2.24, 2.45) is 0 Å². The van der Waals surface area contributed by atoms with Crippen molar-refractivity contribution in [1.29, 1.82) is 0 Å². The van der Waals surface area contributed by atoms with Crippen molar-refractivity contribution in [3.8, 4) is 0 Å². The number of amides is 2. The number of hydrogen-bond donors (Lipinski definition) is 2. The van der Waals surface area contributed by atoms with Crippen LogP contribution >= 0.6 is 0 Å². The van der Waals surface area contributed by atoms with Crippen molar-refractivity contribution < 1.29 is 19.1 Å². The Hall–Kier alpha value is -3.15. The highest BCUT2D eigenvalue weighted by atomic mass is 16.5. The molecule has 2 amide bonds. The minimum Gasteiger partial charge on any atom is -0.447 e. The van der Waals surface area contributed by atoms with E-state index in [4.69, 9.17) is 4.74 Å². The smallest absolute Gasteiger partial charge is 0.311 e. The fraction of sp³-hybridized carbons (Fsp3) is 0.286. The molecule has 6 nitrogen and oxygen atoms in total. The lowest BCUT2D eigenvalue weighted by Crippen LogP contribution is -2.33. The number of carbonyl (C=O) groups is 3. The van der Waals surface area contributed by atoms with Crippen LogP contribution in [0, 0.1) is 0 Å². The molecule has 0 aromatic heterocycles. The summed E-state index contributed by atoms with van der Waals surface area (Å²) < 4.78 is 5.51. The minimum absolute atomic E-state index is 0.0421. The molecule has 0 saturated heterocycles. The van der Waals surface area contributed by atoms with Crippen molar-refractivity contribution in [1.82, 2.24) is 5.32 Å². The lowest BCUT2D eigenvalue weighted by atomic mass is 10.1. The summed E-state index contributed by atoms with van der Waals surface area (Å²) >= 11 is 0. The molecule has 1 fully saturated rings. The predicted molar refractivity (Wildman–Crippen MR) is 101 cm³/mol. The average Bonchev–Trinajstić information content (AvgIpc) is 3.45. The zero-order valence-electron chi connectivity index (χ0n) is 15.1. The highest BCUT2D eigenvalue weighted by Gasteiger charge is 2.30. The third-order valence-electron chi connectivity index (χ3n) is 4.14. The van der Waals surface area contributed by atoms with Gasteiger partial charge in [-0.3, -0.25) is 14.4 Å². The Morgan fingerprint density at radius 1 is 1.04 bits per heavy atom. The minimum atomic E-state index is -0.960. The van der Waals surface area contributed by atoms with E-state index in [-0.39, 0.29) is 24.3 Å². The van der Waals surface area contributed by atoms with Crippen molar-refractivity contribution in [3.05, 3.63) is 65.7 Å². The summed E-state index contributed by atoms with van der Waals surface area (Å²) in [4.78, 5) is 35.9. The number of carbonyl (C=O) groups excluding carboxylic acids is 3. The normalized spacial score (nSPS) is 14.1. The Bertz CT molecular complexity index is 814. The zero-order valence-corrected chi connectivity index (χ0v) is 15.1. The van der Waals surface area contributed by atoms with Gasteiger partial charge in [0.05, 0.1) is 6.42 Å². The van der Waals surface area contributed by atoms with Crippen LogP contribution < -0.4 is 10.6 Å². The predicted octanol–water partition coefficient (Wildman–Crippen LogP) is 2.75. The number of ether oxygens (including phenoxy) is 1. The Balaban J connectivity index is 1.64. The first kappa shape index (κ1) is 18.6. The first-order valence-electron chi connectivity index (χ1n) is 8.92. The maximum absolute atomic E-state index is 12.5. The zero-order chi connectivity index (χ0) is 19.2. The monoisotopic (exact) mass is 366 g/mol. The first-order valence-corrected chi connectivity index (χ1v) is 8.92. The summed E-state index contributed by atoms with van der Waals surface area (Å²) in [5.74, 6) is -0.935. The fourth-order valence-corrected chi connectivity index (χ4v) is 2.65. The van der Waals surface area contributed by atoms with Crippen LogP contribution in [0.1, 0.15) is 37.0 Å². The molecule has 1 atom stereocenters. The molecule has 27 heavy (non-hydrogen) atoms. The van der Waals surface area contributed by atoms with Gasteiger partial charge in [0, 0.05) is 24.2 Å². The van der Waals surface area contributed by atoms with Gasteiger partial charge in [-0.15, -0.1) is 0 Å². The van der Waals surface area contributed by atoms with Crippen LogP contribution in [0.5, 0.6) is 0 Å². The van der Waals surface area contributed by atoms with E-state index in [1.54, 1.807) is 48.5 Å². The molecule has 0 radical (unpaired) electrons. The van der Waals surface area contributed by atoms with Gasteiger partial charge in [0.15, 0.2) is 0 Å². The lowest BCUT2D eigenvalue weighted by molar-refractivity contribution is -0.156. The van der Waals surface area contributed by atoms with Gasteiger partial charge in [0.2, 0.25) is 12.0 Å². The van der Waals surface area contributed by atoms with Crippen molar-refractivity contribution in [2.75, 3.05) is 5.32 Å². The molecule has 0 heterocycles. The molecule has 0 aliphatic heterocycles. The highest BCUT2D eigenvalue weighted by Crippen LogP contribution is 2.23. The Labute approximate surface area is 157 Å². The summed E-state index contributed by atoms with van der Waals surface area (Å²) in [5.41, 5.74) is 2.04. The van der Waals surface area contributed by atoms with E-state index in [9.17, 15) is 14.4 Å². The average molecular weight is 366 g/mol. The van der Waals surface area contributed by atoms with Gasteiger partial charge in [-0.05, 0) is 30.5 Å². The molecular formula is C21H22N2O4. The van der Waals surface area contributed by atoms with Gasteiger partial charge >= 0.3 is 5.97 Å².